The second kappa shape index (κ2) is 24.7. The summed E-state index contributed by atoms with van der Waals surface area (Å²) in [6.07, 6.45) is -20.4. The van der Waals surface area contributed by atoms with E-state index in [-0.39, 0.29) is 66.1 Å². The Balaban J connectivity index is 1.00. The Morgan fingerprint density at radius 3 is 1.13 bits per heavy atom. The van der Waals surface area contributed by atoms with Crippen LogP contribution in [0.2, 0.25) is 0 Å². The monoisotopic (exact) mass is 1150 g/mol. The van der Waals surface area contributed by atoms with Crippen LogP contribution in [0.4, 0.5) is 64.1 Å². The molecule has 22 heteroatoms. The molecule has 2 unspecified atom stereocenters. The Morgan fingerprint density at radius 1 is 0.451 bits per heavy atom. The smallest absolute Gasteiger partial charge is 0.461 e. The maximum Gasteiger partial charge on any atom is 0.461 e. The van der Waals surface area contributed by atoms with E-state index in [1.807, 2.05) is 0 Å². The number of halogens is 12. The normalized spacial score (nSPS) is 12.5. The van der Waals surface area contributed by atoms with Crippen molar-refractivity contribution in [3.63, 3.8) is 0 Å². The molecule has 0 fully saturated rings. The quantitative estimate of drug-likeness (QED) is 0.0538. The second-order valence-corrected chi connectivity index (χ2v) is 18.6. The SMILES string of the molecule is CC(COC(=O)CCC(=O)OCC(C)c1ccc(NC(=O)c2ccc(F)c3ccccc23)c(OC(F)(F)C(F)F)c1-c1ccc(F)cc1)c1ccc(NC(=O)c2ccc(F)c3ccccc23)c(OC(F)(F)C(F)F)c1-c1ccc(F)cc1. The minimum absolute atomic E-state index is 0.00139. The van der Waals surface area contributed by atoms with Gasteiger partial charge in [-0.3, -0.25) is 19.2 Å². The van der Waals surface area contributed by atoms with E-state index in [4.69, 9.17) is 18.9 Å². The fourth-order valence-corrected chi connectivity index (χ4v) is 8.88. The van der Waals surface area contributed by atoms with Crippen LogP contribution in [0.15, 0.2) is 146 Å². The van der Waals surface area contributed by atoms with Crippen LogP contribution >= 0.6 is 0 Å². The first kappa shape index (κ1) is 59.1. The van der Waals surface area contributed by atoms with Crippen LogP contribution in [0, 0.1) is 23.3 Å². The molecule has 0 spiro atoms. The van der Waals surface area contributed by atoms with Crippen molar-refractivity contribution < 1.29 is 90.8 Å². The van der Waals surface area contributed by atoms with E-state index in [2.05, 4.69) is 10.6 Å². The standard InChI is InChI=1S/C60H44F12N2O8/c1-31(37-21-25-47(73-55(77)43-19-23-45(63)41-9-5-3-7-39(41)43)53(81-59(69,70)57(65)66)51(37)33-11-15-35(61)16-12-33)29-79-49(75)27-28-50(76)80-30-32(2)38-22-26-48(74-56(78)44-20-24-46(64)42-10-6-4-8-40(42)44)54(82-60(71,72)58(67)68)52(38)34-13-17-36(62)18-14-34/h3-26,31-32,57-58H,27-30H2,1-2H3,(H,73,77)(H,74,78). The van der Waals surface area contributed by atoms with Crippen LogP contribution < -0.4 is 20.1 Å². The predicted octanol–water partition coefficient (Wildman–Crippen LogP) is 15.6. The average molecular weight is 1150 g/mol. The van der Waals surface area contributed by atoms with Crippen LogP contribution in [0.1, 0.15) is 70.4 Å². The number of rotatable bonds is 21. The van der Waals surface area contributed by atoms with Crippen LogP contribution in [0.3, 0.4) is 0 Å². The molecule has 0 bridgehead atoms. The molecule has 426 valence electrons. The first-order valence-electron chi connectivity index (χ1n) is 24.8. The van der Waals surface area contributed by atoms with E-state index in [0.29, 0.717) is 0 Å². The molecular weight excluding hydrogens is 1100 g/mol. The zero-order valence-electron chi connectivity index (χ0n) is 42.8. The van der Waals surface area contributed by atoms with Crippen molar-refractivity contribution in [3.8, 4) is 33.8 Å². The molecule has 8 aromatic carbocycles. The maximum atomic E-state index is 15.0. The summed E-state index contributed by atoms with van der Waals surface area (Å²) < 4.78 is 193. The summed E-state index contributed by atoms with van der Waals surface area (Å²) in [7, 11) is 0. The Kier molecular flexibility index (Phi) is 17.8. The van der Waals surface area contributed by atoms with Gasteiger partial charge in [-0.15, -0.1) is 0 Å². The molecule has 2 atom stereocenters. The summed E-state index contributed by atoms with van der Waals surface area (Å²) in [4.78, 5) is 53.8. The third-order valence-corrected chi connectivity index (χ3v) is 12.9. The number of hydrogen-bond acceptors (Lipinski definition) is 8. The van der Waals surface area contributed by atoms with Gasteiger partial charge in [0.15, 0.2) is 11.5 Å². The van der Waals surface area contributed by atoms with Crippen molar-refractivity contribution in [1.29, 1.82) is 0 Å². The van der Waals surface area contributed by atoms with E-state index < -0.39 is 133 Å². The largest absolute Gasteiger partial charge is 0.465 e. The minimum Gasteiger partial charge on any atom is -0.465 e. The molecule has 10 nitrogen and oxygen atoms in total. The highest BCUT2D eigenvalue weighted by molar-refractivity contribution is 6.15. The molecule has 0 aromatic heterocycles. The lowest BCUT2D eigenvalue weighted by Crippen LogP contribution is -2.34. The fourth-order valence-electron chi connectivity index (χ4n) is 8.88. The van der Waals surface area contributed by atoms with Crippen molar-refractivity contribution in [2.24, 2.45) is 0 Å². The fraction of sp³-hybridized carbons (Fsp3) is 0.200. The van der Waals surface area contributed by atoms with Gasteiger partial charge in [0.05, 0.1) is 37.4 Å². The minimum atomic E-state index is -5.18. The average Bonchev–Trinajstić information content (AvgIpc) is 2.71. The molecule has 0 aliphatic carbocycles. The zero-order valence-corrected chi connectivity index (χ0v) is 42.8. The second-order valence-electron chi connectivity index (χ2n) is 18.6. The van der Waals surface area contributed by atoms with Crippen LogP contribution in [-0.4, -0.2) is 62.0 Å². The van der Waals surface area contributed by atoms with Crippen molar-refractivity contribution in [1.82, 2.24) is 0 Å². The van der Waals surface area contributed by atoms with Gasteiger partial charge in [0.25, 0.3) is 11.8 Å². The predicted molar refractivity (Wildman–Crippen MR) is 279 cm³/mol. The molecule has 82 heavy (non-hydrogen) atoms. The number of benzene rings is 8. The van der Waals surface area contributed by atoms with E-state index >= 15 is 0 Å². The molecule has 8 aromatic rings. The number of esters is 2. The highest BCUT2D eigenvalue weighted by Gasteiger charge is 2.47. The van der Waals surface area contributed by atoms with E-state index in [9.17, 15) is 71.9 Å². The Labute approximate surface area is 458 Å². The number of carbonyl (C=O) groups is 4. The van der Waals surface area contributed by atoms with Crippen LogP contribution in [-0.2, 0) is 19.1 Å². The molecule has 0 aliphatic heterocycles. The Bertz CT molecular complexity index is 3450. The summed E-state index contributed by atoms with van der Waals surface area (Å²) in [6, 6.07) is 28.7. The molecule has 2 amide bonds. The van der Waals surface area contributed by atoms with Gasteiger partial charge in [-0.05, 0) is 93.7 Å². The van der Waals surface area contributed by atoms with Crippen molar-refractivity contribution in [2.45, 2.75) is 63.6 Å². The van der Waals surface area contributed by atoms with Gasteiger partial charge in [0.1, 0.15) is 23.3 Å². The first-order chi connectivity index (χ1) is 38.9. The number of nitrogens with one attached hydrogen (secondary N) is 2. The third kappa shape index (κ3) is 13.2. The summed E-state index contributed by atoms with van der Waals surface area (Å²) >= 11 is 0. The highest BCUT2D eigenvalue weighted by atomic mass is 19.3. The van der Waals surface area contributed by atoms with E-state index in [1.165, 1.54) is 74.5 Å². The van der Waals surface area contributed by atoms with Gasteiger partial charge in [-0.2, -0.15) is 35.1 Å². The molecule has 0 radical (unpaired) electrons. The van der Waals surface area contributed by atoms with Crippen LogP contribution in [0.25, 0.3) is 43.8 Å². The Hall–Kier alpha value is -9.08. The number of ether oxygens (including phenoxy) is 4. The molecule has 0 saturated heterocycles. The van der Waals surface area contributed by atoms with Gasteiger partial charge in [0.2, 0.25) is 0 Å². The van der Waals surface area contributed by atoms with Gasteiger partial charge in [0, 0.05) is 44.9 Å². The third-order valence-electron chi connectivity index (χ3n) is 12.9. The summed E-state index contributed by atoms with van der Waals surface area (Å²) in [5.74, 6) is -11.0. The van der Waals surface area contributed by atoms with Gasteiger partial charge >= 0.3 is 37.0 Å². The van der Waals surface area contributed by atoms with Crippen LogP contribution in [0.5, 0.6) is 11.5 Å². The van der Waals surface area contributed by atoms with E-state index in [0.717, 1.165) is 84.9 Å². The number of amides is 2. The molecule has 8 rings (SSSR count). The number of anilines is 2. The number of alkyl halides is 8. The number of carbonyl (C=O) groups excluding carboxylic acids is 4. The molecule has 2 N–H and O–H groups in total. The lowest BCUT2D eigenvalue weighted by atomic mass is 9.90. The van der Waals surface area contributed by atoms with Gasteiger partial charge in [-0.1, -0.05) is 98.8 Å². The van der Waals surface area contributed by atoms with Crippen molar-refractivity contribution >= 4 is 56.7 Å². The summed E-state index contributed by atoms with van der Waals surface area (Å²) in [5.41, 5.74) is -2.26. The topological polar surface area (TPSA) is 129 Å². The number of fused-ring (bicyclic) bond motifs is 2. The summed E-state index contributed by atoms with van der Waals surface area (Å²) in [6.45, 7) is 1.74. The lowest BCUT2D eigenvalue weighted by molar-refractivity contribution is -0.252. The maximum absolute atomic E-state index is 15.0. The molecule has 0 saturated carbocycles. The first-order valence-corrected chi connectivity index (χ1v) is 24.8. The summed E-state index contributed by atoms with van der Waals surface area (Å²) in [5, 5.41) is 5.05. The number of hydrogen-bond donors (Lipinski definition) is 2. The zero-order chi connectivity index (χ0) is 59.2. The lowest BCUT2D eigenvalue weighted by Gasteiger charge is -2.26. The van der Waals surface area contributed by atoms with Gasteiger partial charge < -0.3 is 29.6 Å². The van der Waals surface area contributed by atoms with Crippen molar-refractivity contribution in [3.05, 3.63) is 191 Å². The van der Waals surface area contributed by atoms with Gasteiger partial charge in [-0.25, -0.2) is 17.6 Å². The molecule has 0 heterocycles. The van der Waals surface area contributed by atoms with E-state index in [1.54, 1.807) is 0 Å². The van der Waals surface area contributed by atoms with Crippen molar-refractivity contribution in [2.75, 3.05) is 23.8 Å². The Morgan fingerprint density at radius 2 is 0.793 bits per heavy atom. The highest BCUT2D eigenvalue weighted by Crippen LogP contribution is 2.48. The molecule has 0 aliphatic rings. The molecular formula is C60H44F12N2O8.